The van der Waals surface area contributed by atoms with Gasteiger partial charge >= 0.3 is 0 Å². The predicted molar refractivity (Wildman–Crippen MR) is 82.6 cm³/mol. The van der Waals surface area contributed by atoms with Crippen LogP contribution in [0.5, 0.6) is 5.75 Å². The number of rotatable bonds is 4. The number of ether oxygens (including phenoxy) is 1. The highest BCUT2D eigenvalue weighted by molar-refractivity contribution is 5.95. The van der Waals surface area contributed by atoms with Crippen molar-refractivity contribution in [3.8, 4) is 5.75 Å². The summed E-state index contributed by atoms with van der Waals surface area (Å²) < 4.78 is 32.2. The molecule has 0 aromatic heterocycles. The molecule has 21 heavy (non-hydrogen) atoms. The zero-order valence-electron chi connectivity index (χ0n) is 10.8. The Kier molecular flexibility index (Phi) is 7.70. The Morgan fingerprint density at radius 1 is 1.05 bits per heavy atom. The molecule has 0 bridgehead atoms. The standard InChI is InChI=1S/C14H12F2N2O.2ClH/c15-11-4-2-1-3-10(11)8-19-13-6-5-9(14(17)18)7-12(13)16;;/h1-7H,8H2,(H3,17,18);2*1H. The molecule has 0 saturated carbocycles. The van der Waals surface area contributed by atoms with Crippen molar-refractivity contribution >= 4 is 30.6 Å². The summed E-state index contributed by atoms with van der Waals surface area (Å²) in [6.07, 6.45) is 0. The molecular formula is C14H14Cl2F2N2O. The number of benzene rings is 2. The Hall–Kier alpha value is -1.85. The van der Waals surface area contributed by atoms with Crippen LogP contribution in [0.1, 0.15) is 11.1 Å². The van der Waals surface area contributed by atoms with Crippen LogP contribution in [-0.2, 0) is 6.61 Å². The minimum absolute atomic E-state index is 0. The van der Waals surface area contributed by atoms with Crippen LogP contribution in [0.4, 0.5) is 8.78 Å². The molecule has 0 saturated heterocycles. The molecule has 0 unspecified atom stereocenters. The van der Waals surface area contributed by atoms with E-state index in [9.17, 15) is 8.78 Å². The molecule has 3 N–H and O–H groups in total. The number of hydrogen-bond acceptors (Lipinski definition) is 2. The van der Waals surface area contributed by atoms with E-state index in [1.807, 2.05) is 0 Å². The monoisotopic (exact) mass is 334 g/mol. The maximum absolute atomic E-state index is 13.6. The van der Waals surface area contributed by atoms with Crippen LogP contribution < -0.4 is 10.5 Å². The molecule has 3 nitrogen and oxygen atoms in total. The van der Waals surface area contributed by atoms with E-state index in [4.69, 9.17) is 15.9 Å². The molecule has 0 aliphatic rings. The van der Waals surface area contributed by atoms with Crippen molar-refractivity contribution in [3.05, 3.63) is 65.2 Å². The third-order valence-electron chi connectivity index (χ3n) is 2.58. The molecule has 2 rings (SSSR count). The fourth-order valence-electron chi connectivity index (χ4n) is 1.56. The molecule has 2 aromatic rings. The summed E-state index contributed by atoms with van der Waals surface area (Å²) in [5.74, 6) is -1.26. The second kappa shape index (κ2) is 8.44. The SMILES string of the molecule is Cl.Cl.N=C(N)c1ccc(OCc2ccccc2F)c(F)c1. The van der Waals surface area contributed by atoms with Crippen molar-refractivity contribution in [2.75, 3.05) is 0 Å². The largest absolute Gasteiger partial charge is 0.486 e. The van der Waals surface area contributed by atoms with Gasteiger partial charge in [0.15, 0.2) is 11.6 Å². The third-order valence-corrected chi connectivity index (χ3v) is 2.58. The molecule has 0 amide bonds. The van der Waals surface area contributed by atoms with Crippen LogP contribution in [0.25, 0.3) is 0 Å². The Morgan fingerprint density at radius 2 is 1.71 bits per heavy atom. The van der Waals surface area contributed by atoms with Gasteiger partial charge in [0.2, 0.25) is 0 Å². The van der Waals surface area contributed by atoms with Crippen molar-refractivity contribution in [1.82, 2.24) is 0 Å². The average Bonchev–Trinajstić information content (AvgIpc) is 2.39. The second-order valence-electron chi connectivity index (χ2n) is 3.94. The highest BCUT2D eigenvalue weighted by atomic mass is 35.5. The molecule has 7 heteroatoms. The van der Waals surface area contributed by atoms with Crippen molar-refractivity contribution in [2.24, 2.45) is 5.73 Å². The van der Waals surface area contributed by atoms with Crippen molar-refractivity contribution in [1.29, 1.82) is 5.41 Å². The van der Waals surface area contributed by atoms with E-state index in [1.165, 1.54) is 18.2 Å². The van der Waals surface area contributed by atoms with Gasteiger partial charge in [0.25, 0.3) is 0 Å². The topological polar surface area (TPSA) is 59.1 Å². The number of hydrogen-bond donors (Lipinski definition) is 2. The van der Waals surface area contributed by atoms with Crippen LogP contribution in [-0.4, -0.2) is 5.84 Å². The van der Waals surface area contributed by atoms with Gasteiger partial charge in [0.1, 0.15) is 18.3 Å². The first-order chi connectivity index (χ1) is 9.08. The van der Waals surface area contributed by atoms with Crippen molar-refractivity contribution in [3.63, 3.8) is 0 Å². The van der Waals surface area contributed by atoms with E-state index >= 15 is 0 Å². The number of nitrogens with two attached hydrogens (primary N) is 1. The van der Waals surface area contributed by atoms with E-state index in [0.717, 1.165) is 6.07 Å². The molecule has 0 radical (unpaired) electrons. The number of nitrogen functional groups attached to an aromatic ring is 1. The first-order valence-corrected chi connectivity index (χ1v) is 5.58. The van der Waals surface area contributed by atoms with Gasteiger partial charge in [-0.15, -0.1) is 24.8 Å². The number of halogens is 4. The molecule has 0 spiro atoms. The average molecular weight is 335 g/mol. The van der Waals surface area contributed by atoms with E-state index < -0.39 is 11.6 Å². The maximum Gasteiger partial charge on any atom is 0.165 e. The smallest absolute Gasteiger partial charge is 0.165 e. The van der Waals surface area contributed by atoms with Gasteiger partial charge in [-0.25, -0.2) is 8.78 Å². The fraction of sp³-hybridized carbons (Fsp3) is 0.0714. The summed E-state index contributed by atoms with van der Waals surface area (Å²) in [5, 5.41) is 7.19. The van der Waals surface area contributed by atoms with Gasteiger partial charge in [-0.3, -0.25) is 5.41 Å². The minimum Gasteiger partial charge on any atom is -0.486 e. The highest BCUT2D eigenvalue weighted by Crippen LogP contribution is 2.20. The molecule has 0 aliphatic heterocycles. The summed E-state index contributed by atoms with van der Waals surface area (Å²) >= 11 is 0. The van der Waals surface area contributed by atoms with E-state index in [1.54, 1.807) is 18.2 Å². The van der Waals surface area contributed by atoms with E-state index in [2.05, 4.69) is 0 Å². The Labute approximate surface area is 133 Å². The van der Waals surface area contributed by atoms with E-state index in [-0.39, 0.29) is 48.6 Å². The summed E-state index contributed by atoms with van der Waals surface area (Å²) in [5.41, 5.74) is 5.86. The number of amidine groups is 1. The van der Waals surface area contributed by atoms with Crippen LogP contribution >= 0.6 is 24.8 Å². The van der Waals surface area contributed by atoms with Gasteiger partial charge < -0.3 is 10.5 Å². The van der Waals surface area contributed by atoms with Crippen LogP contribution in [0.2, 0.25) is 0 Å². The Balaban J connectivity index is 0.00000200. The maximum atomic E-state index is 13.6. The third kappa shape index (κ3) is 4.88. The van der Waals surface area contributed by atoms with Gasteiger partial charge in [-0.1, -0.05) is 18.2 Å². The lowest BCUT2D eigenvalue weighted by Gasteiger charge is -2.09. The minimum atomic E-state index is -0.635. The van der Waals surface area contributed by atoms with Crippen molar-refractivity contribution in [2.45, 2.75) is 6.61 Å². The zero-order valence-corrected chi connectivity index (χ0v) is 12.4. The first kappa shape index (κ1) is 19.1. The molecule has 0 aliphatic carbocycles. The summed E-state index contributed by atoms with van der Waals surface area (Å²) in [6.45, 7) is -0.0665. The van der Waals surface area contributed by atoms with Gasteiger partial charge in [0.05, 0.1) is 0 Å². The lowest BCUT2D eigenvalue weighted by molar-refractivity contribution is 0.285. The van der Waals surface area contributed by atoms with Crippen LogP contribution in [0, 0.1) is 17.0 Å². The quantitative estimate of drug-likeness (QED) is 0.662. The molecule has 0 heterocycles. The van der Waals surface area contributed by atoms with Gasteiger partial charge in [0, 0.05) is 11.1 Å². The van der Waals surface area contributed by atoms with Gasteiger partial charge in [-0.2, -0.15) is 0 Å². The normalized spacial score (nSPS) is 9.24. The first-order valence-electron chi connectivity index (χ1n) is 5.58. The summed E-state index contributed by atoms with van der Waals surface area (Å²) in [6, 6.07) is 10.1. The molecule has 0 atom stereocenters. The molecule has 0 fully saturated rings. The number of nitrogens with one attached hydrogen (secondary N) is 1. The Morgan fingerprint density at radius 3 is 2.29 bits per heavy atom. The lowest BCUT2D eigenvalue weighted by Crippen LogP contribution is -2.11. The Bertz CT molecular complexity index is 624. The van der Waals surface area contributed by atoms with Crippen LogP contribution in [0.3, 0.4) is 0 Å². The summed E-state index contributed by atoms with van der Waals surface area (Å²) in [4.78, 5) is 0. The molecule has 2 aromatic carbocycles. The van der Waals surface area contributed by atoms with Crippen LogP contribution in [0.15, 0.2) is 42.5 Å². The lowest BCUT2D eigenvalue weighted by atomic mass is 10.2. The zero-order chi connectivity index (χ0) is 13.8. The molecule has 114 valence electrons. The fourth-order valence-corrected chi connectivity index (χ4v) is 1.56. The molecular weight excluding hydrogens is 321 g/mol. The summed E-state index contributed by atoms with van der Waals surface area (Å²) in [7, 11) is 0. The second-order valence-corrected chi connectivity index (χ2v) is 3.94. The van der Waals surface area contributed by atoms with E-state index in [0.29, 0.717) is 5.56 Å². The predicted octanol–water partition coefficient (Wildman–Crippen LogP) is 3.67. The van der Waals surface area contributed by atoms with Gasteiger partial charge in [-0.05, 0) is 24.3 Å². The highest BCUT2D eigenvalue weighted by Gasteiger charge is 2.08. The van der Waals surface area contributed by atoms with Crippen molar-refractivity contribution < 1.29 is 13.5 Å².